The third kappa shape index (κ3) is 12.4. The van der Waals surface area contributed by atoms with Crippen molar-refractivity contribution >= 4 is 22.7 Å². The lowest BCUT2D eigenvalue weighted by Gasteiger charge is -2.15. The van der Waals surface area contributed by atoms with Crippen LogP contribution in [0.25, 0.3) is 0 Å². The number of azo groups is 2. The molecule has 4 aromatic rings. The molecule has 6 rings (SSSR count). The fourth-order valence-electron chi connectivity index (χ4n) is 5.39. The van der Waals surface area contributed by atoms with Crippen molar-refractivity contribution in [2.75, 3.05) is 86.1 Å². The lowest BCUT2D eigenvalue weighted by atomic mass is 10.1. The first-order chi connectivity index (χ1) is 27.2. The van der Waals surface area contributed by atoms with Crippen LogP contribution >= 0.6 is 0 Å². The Morgan fingerprint density at radius 1 is 0.400 bits per heavy atom. The summed E-state index contributed by atoms with van der Waals surface area (Å²) in [6, 6.07) is 22.4. The zero-order valence-corrected chi connectivity index (χ0v) is 31.4. The van der Waals surface area contributed by atoms with Gasteiger partial charge in [-0.3, -0.25) is 0 Å². The number of rotatable bonds is 6. The molecule has 0 saturated carbocycles. The first-order valence-electron chi connectivity index (χ1n) is 18.6. The van der Waals surface area contributed by atoms with Crippen LogP contribution in [0.2, 0.25) is 0 Å². The molecule has 0 atom stereocenters. The van der Waals surface area contributed by atoms with Crippen molar-refractivity contribution in [1.29, 1.82) is 0 Å². The van der Waals surface area contributed by atoms with Crippen molar-refractivity contribution < 1.29 is 47.4 Å². The van der Waals surface area contributed by atoms with Gasteiger partial charge in [0.2, 0.25) is 6.79 Å². The van der Waals surface area contributed by atoms with Gasteiger partial charge in [0.05, 0.1) is 52.9 Å². The highest BCUT2D eigenvalue weighted by atomic mass is 16.7. The van der Waals surface area contributed by atoms with Crippen molar-refractivity contribution in [3.8, 4) is 34.5 Å². The van der Waals surface area contributed by atoms with Crippen LogP contribution in [0.4, 0.5) is 22.7 Å². The molecule has 0 amide bonds. The van der Waals surface area contributed by atoms with E-state index in [2.05, 4.69) is 34.3 Å². The van der Waals surface area contributed by atoms with E-state index in [9.17, 15) is 0 Å². The first kappa shape index (κ1) is 39.4. The molecule has 14 nitrogen and oxygen atoms in total. The van der Waals surface area contributed by atoms with Crippen molar-refractivity contribution in [2.45, 2.75) is 26.7 Å². The quantitative estimate of drug-likeness (QED) is 0.176. The Hall–Kier alpha value is -5.28. The lowest BCUT2D eigenvalue weighted by molar-refractivity contribution is 0.0273. The minimum atomic E-state index is -0.0955. The number of hydrogen-bond donors (Lipinski definition) is 0. The van der Waals surface area contributed by atoms with Crippen LogP contribution < -0.4 is 28.4 Å². The van der Waals surface area contributed by atoms with Crippen molar-refractivity contribution in [3.05, 3.63) is 83.9 Å². The maximum absolute atomic E-state index is 6.07. The maximum atomic E-state index is 6.07. The normalized spacial score (nSPS) is 16.0. The molecule has 2 aliphatic rings. The average Bonchev–Trinajstić information content (AvgIpc) is 3.21. The average molecular weight is 757 g/mol. The van der Waals surface area contributed by atoms with Crippen molar-refractivity contribution in [2.24, 2.45) is 20.5 Å². The lowest BCUT2D eigenvalue weighted by Crippen LogP contribution is -2.14. The fraction of sp³-hybridized carbons (Fsp3) is 0.415. The molecule has 0 bridgehead atoms. The predicted octanol–water partition coefficient (Wildman–Crippen LogP) is 8.67. The van der Waals surface area contributed by atoms with E-state index in [1.165, 1.54) is 0 Å². The highest BCUT2D eigenvalue weighted by Crippen LogP contribution is 2.38. The maximum Gasteiger partial charge on any atom is 0.230 e. The van der Waals surface area contributed by atoms with Crippen molar-refractivity contribution in [3.63, 3.8) is 0 Å². The summed E-state index contributed by atoms with van der Waals surface area (Å²) < 4.78 is 58.7. The van der Waals surface area contributed by atoms with Crippen LogP contribution in [-0.4, -0.2) is 86.1 Å². The zero-order valence-electron chi connectivity index (χ0n) is 31.4. The molecular weight excluding hydrogens is 708 g/mol. The second-order valence-corrected chi connectivity index (χ2v) is 12.2. The standard InChI is InChI=1S/C41H48N4O10/c1-3-30-5-9-34-38(25-30)50-21-17-46-13-15-48-19-23-52-40-27-32(7-11-36(40)44-42-34)54-29-55-33-8-12-37-41(28-33)53-24-20-49-16-14-47-18-22-51-39-26-31(4-2)6-10-35(39)43-45-37/h5-12,25-28H,3-4,13-24,29H2,1-2H3. The van der Waals surface area contributed by atoms with Gasteiger partial charge in [-0.25, -0.2) is 0 Å². The van der Waals surface area contributed by atoms with Crippen molar-refractivity contribution in [1.82, 2.24) is 0 Å². The fourth-order valence-corrected chi connectivity index (χ4v) is 5.39. The molecule has 0 N–H and O–H groups in total. The summed E-state index contributed by atoms with van der Waals surface area (Å²) in [6.45, 7) is 8.85. The predicted molar refractivity (Wildman–Crippen MR) is 204 cm³/mol. The molecule has 2 aliphatic heterocycles. The molecule has 0 aliphatic carbocycles. The number of nitrogens with zero attached hydrogens (tertiary/aromatic N) is 4. The first-order valence-corrected chi connectivity index (χ1v) is 18.6. The highest BCUT2D eigenvalue weighted by molar-refractivity contribution is 5.58. The van der Waals surface area contributed by atoms with Gasteiger partial charge in [-0.15, -0.1) is 20.5 Å². The van der Waals surface area contributed by atoms with Crippen LogP contribution in [-0.2, 0) is 31.8 Å². The van der Waals surface area contributed by atoms with E-state index >= 15 is 0 Å². The topological polar surface area (TPSA) is 142 Å². The minimum absolute atomic E-state index is 0.0955. The molecule has 55 heavy (non-hydrogen) atoms. The van der Waals surface area contributed by atoms with Crippen LogP contribution in [0.15, 0.2) is 93.3 Å². The van der Waals surface area contributed by atoms with Gasteiger partial charge in [-0.05, 0) is 72.5 Å². The van der Waals surface area contributed by atoms with E-state index in [-0.39, 0.29) is 6.79 Å². The molecule has 0 aromatic heterocycles. The number of ether oxygens (including phenoxy) is 10. The van der Waals surface area contributed by atoms with Gasteiger partial charge in [0, 0.05) is 12.1 Å². The Morgan fingerprint density at radius 3 is 1.05 bits per heavy atom. The monoisotopic (exact) mass is 756 g/mol. The second-order valence-electron chi connectivity index (χ2n) is 12.2. The molecule has 0 radical (unpaired) electrons. The molecule has 0 spiro atoms. The summed E-state index contributed by atoms with van der Waals surface area (Å²) in [4.78, 5) is 0. The molecular formula is C41H48N4O10. The zero-order chi connectivity index (χ0) is 37.9. The van der Waals surface area contributed by atoms with E-state index in [1.807, 2.05) is 36.4 Å². The summed E-state index contributed by atoms with van der Waals surface area (Å²) in [5.74, 6) is 3.25. The minimum Gasteiger partial charge on any atom is -0.489 e. The number of aryl methyl sites for hydroxylation is 2. The summed E-state index contributed by atoms with van der Waals surface area (Å²) in [5, 5.41) is 18.0. The van der Waals surface area contributed by atoms with Crippen LogP contribution in [0.1, 0.15) is 25.0 Å². The van der Waals surface area contributed by atoms with E-state index < -0.39 is 0 Å². The van der Waals surface area contributed by atoms with Gasteiger partial charge in [-0.1, -0.05) is 26.0 Å². The Labute approximate surface area is 321 Å². The Morgan fingerprint density at radius 2 is 0.709 bits per heavy atom. The Kier molecular flexibility index (Phi) is 15.5. The molecule has 14 heteroatoms. The smallest absolute Gasteiger partial charge is 0.230 e. The van der Waals surface area contributed by atoms with E-state index in [0.717, 1.165) is 24.0 Å². The Balaban J connectivity index is 1.15. The summed E-state index contributed by atoms with van der Waals surface area (Å²) in [7, 11) is 0. The van der Waals surface area contributed by atoms with Crippen LogP contribution in [0.5, 0.6) is 34.5 Å². The Bertz CT molecular complexity index is 1740. The summed E-state index contributed by atoms with van der Waals surface area (Å²) >= 11 is 0. The third-order valence-electron chi connectivity index (χ3n) is 8.39. The van der Waals surface area contributed by atoms with Gasteiger partial charge < -0.3 is 47.4 Å². The molecule has 292 valence electrons. The largest absolute Gasteiger partial charge is 0.489 e. The number of benzene rings is 4. The second kappa shape index (κ2) is 21.6. The molecule has 0 unspecified atom stereocenters. The summed E-state index contributed by atoms with van der Waals surface area (Å²) in [6.07, 6.45) is 1.74. The van der Waals surface area contributed by atoms with Crippen LogP contribution in [0, 0.1) is 0 Å². The van der Waals surface area contributed by atoms with E-state index in [4.69, 9.17) is 47.4 Å². The van der Waals surface area contributed by atoms with E-state index in [0.29, 0.717) is 137 Å². The molecule has 0 saturated heterocycles. The van der Waals surface area contributed by atoms with Gasteiger partial charge in [0.1, 0.15) is 72.2 Å². The van der Waals surface area contributed by atoms with E-state index in [1.54, 1.807) is 36.4 Å². The van der Waals surface area contributed by atoms with Crippen LogP contribution in [0.3, 0.4) is 0 Å². The molecule has 4 aromatic carbocycles. The van der Waals surface area contributed by atoms with Gasteiger partial charge >= 0.3 is 0 Å². The molecule has 2 heterocycles. The molecule has 0 fully saturated rings. The highest BCUT2D eigenvalue weighted by Gasteiger charge is 2.12. The number of hydrogen-bond acceptors (Lipinski definition) is 14. The summed E-state index contributed by atoms with van der Waals surface area (Å²) in [5.41, 5.74) is 4.53. The van der Waals surface area contributed by atoms with Gasteiger partial charge in [0.25, 0.3) is 0 Å². The SMILES string of the molecule is CCc1ccc2c(c1)OCCOCCOCCOc1cc(OCOc3ccc4c(c3)OCCOCCOCCOc3cc(CC)ccc3N=N4)ccc1N=N2. The third-order valence-corrected chi connectivity index (χ3v) is 8.39. The number of fused-ring (bicyclic) bond motifs is 4. The van der Waals surface area contributed by atoms with Gasteiger partial charge in [0.15, 0.2) is 11.5 Å². The van der Waals surface area contributed by atoms with Gasteiger partial charge in [-0.2, -0.15) is 0 Å².